The molecule has 3 aromatic carbocycles. The third-order valence-electron chi connectivity index (χ3n) is 4.96. The predicted molar refractivity (Wildman–Crippen MR) is 128 cm³/mol. The fraction of sp³-hybridized carbons (Fsp3) is 0.120. The lowest BCUT2D eigenvalue weighted by Gasteiger charge is -2.08. The summed E-state index contributed by atoms with van der Waals surface area (Å²) >= 11 is 1.59. The maximum absolute atomic E-state index is 12.1. The molecule has 0 radical (unpaired) electrons. The minimum Gasteiger partial charge on any atom is -0.477 e. The number of nitro groups is 1. The molecule has 4 aromatic rings. The Balaban J connectivity index is 1.31. The summed E-state index contributed by atoms with van der Waals surface area (Å²) in [5.74, 6) is -0.296. The average Bonchev–Trinajstić information content (AvgIpc) is 3.32. The van der Waals surface area contributed by atoms with Crippen molar-refractivity contribution in [3.8, 4) is 27.6 Å². The zero-order valence-electron chi connectivity index (χ0n) is 17.9. The summed E-state index contributed by atoms with van der Waals surface area (Å²) in [4.78, 5) is 27.3. The van der Waals surface area contributed by atoms with Crippen molar-refractivity contribution in [2.45, 2.75) is 13.5 Å². The highest BCUT2D eigenvalue weighted by atomic mass is 32.1. The van der Waals surface area contributed by atoms with Gasteiger partial charge >= 0.3 is 5.69 Å². The molecule has 0 spiro atoms. The lowest BCUT2D eigenvalue weighted by atomic mass is 10.1. The Morgan fingerprint density at radius 3 is 2.45 bits per heavy atom. The molecule has 1 heterocycles. The van der Waals surface area contributed by atoms with Crippen LogP contribution in [0.2, 0.25) is 0 Å². The smallest absolute Gasteiger partial charge is 0.310 e. The molecule has 0 saturated carbocycles. The Bertz CT molecular complexity index is 1270. The summed E-state index contributed by atoms with van der Waals surface area (Å²) in [5, 5.41) is 16.8. The van der Waals surface area contributed by atoms with Crippen molar-refractivity contribution in [3.63, 3.8) is 0 Å². The van der Waals surface area contributed by atoms with Crippen LogP contribution in [0, 0.1) is 17.0 Å². The number of nitrogens with zero attached hydrogens (tertiary/aromatic N) is 2. The Kier molecular flexibility index (Phi) is 6.75. The van der Waals surface area contributed by atoms with E-state index in [-0.39, 0.29) is 24.0 Å². The van der Waals surface area contributed by atoms with Gasteiger partial charge in [-0.15, -0.1) is 11.3 Å². The van der Waals surface area contributed by atoms with Crippen LogP contribution in [0.4, 0.5) is 5.69 Å². The van der Waals surface area contributed by atoms with Crippen LogP contribution in [0.5, 0.6) is 5.75 Å². The molecule has 4 rings (SSSR count). The number of para-hydroxylation sites is 2. The number of thiazole rings is 1. The van der Waals surface area contributed by atoms with Crippen molar-refractivity contribution in [1.29, 1.82) is 0 Å². The number of nitrogens with one attached hydrogen (secondary N) is 1. The molecule has 0 aliphatic carbocycles. The quantitative estimate of drug-likeness (QED) is 0.282. The van der Waals surface area contributed by atoms with Crippen LogP contribution in [0.15, 0.2) is 78.2 Å². The average molecular weight is 460 g/mol. The summed E-state index contributed by atoms with van der Waals surface area (Å²) in [5.41, 5.74) is 5.01. The largest absolute Gasteiger partial charge is 0.477 e. The molecule has 0 aliphatic rings. The zero-order valence-corrected chi connectivity index (χ0v) is 18.7. The van der Waals surface area contributed by atoms with E-state index in [1.807, 2.05) is 29.6 Å². The molecule has 33 heavy (non-hydrogen) atoms. The number of hydrogen-bond acceptors (Lipinski definition) is 6. The molecule has 0 saturated heterocycles. The van der Waals surface area contributed by atoms with Crippen LogP contribution in [0.25, 0.3) is 21.8 Å². The molecule has 0 fully saturated rings. The van der Waals surface area contributed by atoms with Gasteiger partial charge in [-0.2, -0.15) is 0 Å². The Morgan fingerprint density at radius 2 is 1.73 bits per heavy atom. The van der Waals surface area contributed by atoms with Crippen LogP contribution in [0.3, 0.4) is 0 Å². The normalized spacial score (nSPS) is 10.6. The van der Waals surface area contributed by atoms with Gasteiger partial charge in [-0.25, -0.2) is 4.98 Å². The molecule has 1 N–H and O–H groups in total. The van der Waals surface area contributed by atoms with Gasteiger partial charge < -0.3 is 10.1 Å². The molecule has 0 unspecified atom stereocenters. The summed E-state index contributed by atoms with van der Waals surface area (Å²) in [6.07, 6.45) is 0. The van der Waals surface area contributed by atoms with Crippen molar-refractivity contribution < 1.29 is 14.5 Å². The minimum atomic E-state index is -0.541. The Labute approximate surface area is 194 Å². The highest BCUT2D eigenvalue weighted by Gasteiger charge is 2.15. The van der Waals surface area contributed by atoms with Crippen molar-refractivity contribution >= 4 is 22.9 Å². The fourth-order valence-corrected chi connectivity index (χ4v) is 3.99. The van der Waals surface area contributed by atoms with Crippen molar-refractivity contribution in [2.75, 3.05) is 6.61 Å². The third kappa shape index (κ3) is 5.61. The van der Waals surface area contributed by atoms with Gasteiger partial charge in [0.25, 0.3) is 5.91 Å². The predicted octanol–water partition coefficient (Wildman–Crippen LogP) is 5.39. The van der Waals surface area contributed by atoms with Gasteiger partial charge in [-0.1, -0.05) is 66.2 Å². The van der Waals surface area contributed by atoms with Crippen molar-refractivity contribution in [2.24, 2.45) is 0 Å². The number of carbonyl (C=O) groups is 1. The first-order valence-electron chi connectivity index (χ1n) is 10.2. The summed E-state index contributed by atoms with van der Waals surface area (Å²) in [6.45, 7) is 2.08. The van der Waals surface area contributed by atoms with E-state index in [9.17, 15) is 14.9 Å². The van der Waals surface area contributed by atoms with Crippen LogP contribution >= 0.6 is 11.3 Å². The number of amides is 1. The minimum absolute atomic E-state index is 0.0652. The van der Waals surface area contributed by atoms with Crippen molar-refractivity contribution in [3.05, 3.63) is 99.4 Å². The molecule has 7 nitrogen and oxygen atoms in total. The second-order valence-electron chi connectivity index (χ2n) is 7.39. The molecular formula is C25H21N3O4S. The molecule has 0 bridgehead atoms. The lowest BCUT2D eigenvalue weighted by Crippen LogP contribution is -2.28. The molecule has 1 amide bonds. The number of carbonyl (C=O) groups excluding carboxylic acids is 1. The van der Waals surface area contributed by atoms with E-state index in [2.05, 4.69) is 36.5 Å². The van der Waals surface area contributed by atoms with Gasteiger partial charge in [0, 0.05) is 29.1 Å². The van der Waals surface area contributed by atoms with E-state index in [0.717, 1.165) is 27.4 Å². The third-order valence-corrected chi connectivity index (χ3v) is 5.85. The molecule has 1 aromatic heterocycles. The number of ether oxygens (including phenoxy) is 1. The van der Waals surface area contributed by atoms with Crippen LogP contribution < -0.4 is 10.1 Å². The molecular weight excluding hydrogens is 438 g/mol. The highest BCUT2D eigenvalue weighted by Crippen LogP contribution is 2.29. The van der Waals surface area contributed by atoms with Crippen LogP contribution in [0.1, 0.15) is 11.1 Å². The first-order chi connectivity index (χ1) is 16.0. The van der Waals surface area contributed by atoms with Crippen molar-refractivity contribution in [1.82, 2.24) is 10.3 Å². The van der Waals surface area contributed by atoms with Gasteiger partial charge in [0.1, 0.15) is 5.01 Å². The van der Waals surface area contributed by atoms with Crippen LogP contribution in [-0.2, 0) is 11.3 Å². The first-order valence-corrected chi connectivity index (χ1v) is 11.1. The number of benzene rings is 3. The molecule has 8 heteroatoms. The number of nitro benzene ring substituents is 1. The standard InChI is InChI=1S/C25H21N3O4S/c1-17-6-10-19(11-7-17)21-16-33-25(27-21)20-12-8-18(9-13-20)14-26-24(29)15-32-23-5-3-2-4-22(23)28(30)31/h2-13,16H,14-15H2,1H3,(H,26,29). The maximum Gasteiger partial charge on any atom is 0.310 e. The Hall–Kier alpha value is -4.04. The van der Waals surface area contributed by atoms with E-state index in [1.165, 1.54) is 17.7 Å². The number of hydrogen-bond donors (Lipinski definition) is 1. The van der Waals surface area contributed by atoms with E-state index < -0.39 is 4.92 Å². The summed E-state index contributed by atoms with van der Waals surface area (Å²) < 4.78 is 5.31. The van der Waals surface area contributed by atoms with Gasteiger partial charge in [0.15, 0.2) is 12.4 Å². The second kappa shape index (κ2) is 10.1. The van der Waals surface area contributed by atoms with E-state index in [1.54, 1.807) is 23.5 Å². The maximum atomic E-state index is 12.1. The monoisotopic (exact) mass is 459 g/mol. The second-order valence-corrected chi connectivity index (χ2v) is 8.25. The van der Waals surface area contributed by atoms with Gasteiger partial charge in [-0.05, 0) is 18.6 Å². The van der Waals surface area contributed by atoms with E-state index in [4.69, 9.17) is 9.72 Å². The van der Waals surface area contributed by atoms with E-state index in [0.29, 0.717) is 6.54 Å². The fourth-order valence-electron chi connectivity index (χ4n) is 3.15. The van der Waals surface area contributed by atoms with Gasteiger partial charge in [0.2, 0.25) is 0 Å². The van der Waals surface area contributed by atoms with Gasteiger partial charge in [0.05, 0.1) is 10.6 Å². The topological polar surface area (TPSA) is 94.4 Å². The molecule has 0 atom stereocenters. The summed E-state index contributed by atoms with van der Waals surface area (Å²) in [7, 11) is 0. The Morgan fingerprint density at radius 1 is 1.03 bits per heavy atom. The first kappa shape index (κ1) is 22.2. The number of aromatic nitrogens is 1. The highest BCUT2D eigenvalue weighted by molar-refractivity contribution is 7.13. The SMILES string of the molecule is Cc1ccc(-c2csc(-c3ccc(CNC(=O)COc4ccccc4[N+](=O)[O-])cc3)n2)cc1. The lowest BCUT2D eigenvalue weighted by molar-refractivity contribution is -0.385. The number of aryl methyl sites for hydroxylation is 1. The molecule has 0 aliphatic heterocycles. The summed E-state index contributed by atoms with van der Waals surface area (Å²) in [6, 6.07) is 22.1. The number of rotatable bonds is 8. The van der Waals surface area contributed by atoms with E-state index >= 15 is 0 Å². The molecule has 166 valence electrons. The van der Waals surface area contributed by atoms with Gasteiger partial charge in [-0.3, -0.25) is 14.9 Å². The van der Waals surface area contributed by atoms with Crippen LogP contribution in [-0.4, -0.2) is 22.4 Å². The zero-order chi connectivity index (χ0) is 23.2.